The van der Waals surface area contributed by atoms with Crippen LogP contribution in [-0.2, 0) is 0 Å². The summed E-state index contributed by atoms with van der Waals surface area (Å²) in [6.45, 7) is 0. The zero-order chi connectivity index (χ0) is 10.3. The molecule has 0 fully saturated rings. The molecule has 0 aliphatic carbocycles. The summed E-state index contributed by atoms with van der Waals surface area (Å²) >= 11 is 7.12. The van der Waals surface area contributed by atoms with E-state index >= 15 is 0 Å². The van der Waals surface area contributed by atoms with Gasteiger partial charge >= 0.3 is 0 Å². The van der Waals surface area contributed by atoms with Gasteiger partial charge in [-0.2, -0.15) is 0 Å². The minimum absolute atomic E-state index is 0.328. The molecule has 0 aliphatic heterocycles. The van der Waals surface area contributed by atoms with Crippen molar-refractivity contribution in [3.63, 3.8) is 0 Å². The lowest BCUT2D eigenvalue weighted by Gasteiger charge is -1.95. The van der Waals surface area contributed by atoms with Crippen LogP contribution in [0.2, 0.25) is 5.15 Å². The highest BCUT2D eigenvalue weighted by molar-refractivity contribution is 7.09. The van der Waals surface area contributed by atoms with Crippen LogP contribution in [0.25, 0.3) is 16.3 Å². The van der Waals surface area contributed by atoms with Crippen LogP contribution in [0.15, 0.2) is 18.6 Å². The first kappa shape index (κ1) is 8.69. The van der Waals surface area contributed by atoms with Crippen LogP contribution in [0, 0.1) is 0 Å². The zero-order valence-electron chi connectivity index (χ0n) is 7.20. The molecule has 0 aromatic carbocycles. The van der Waals surface area contributed by atoms with Gasteiger partial charge in [0.25, 0.3) is 0 Å². The summed E-state index contributed by atoms with van der Waals surface area (Å²) < 4.78 is 5.52. The van der Waals surface area contributed by atoms with Crippen LogP contribution in [0.4, 0.5) is 0 Å². The fourth-order valence-corrected chi connectivity index (χ4v) is 1.91. The quantitative estimate of drug-likeness (QED) is 0.639. The summed E-state index contributed by atoms with van der Waals surface area (Å²) in [5, 5.41) is 12.0. The molecular weight excluding hydrogens is 236 g/mol. The third kappa shape index (κ3) is 1.28. The summed E-state index contributed by atoms with van der Waals surface area (Å²) in [6.07, 6.45) is 4.97. The Hall–Kier alpha value is -1.60. The minimum atomic E-state index is 0.328. The normalized spacial score (nSPS) is 11.0. The second-order valence-corrected chi connectivity index (χ2v) is 3.86. The van der Waals surface area contributed by atoms with Crippen molar-refractivity contribution >= 4 is 28.8 Å². The fourth-order valence-electron chi connectivity index (χ4n) is 1.23. The van der Waals surface area contributed by atoms with Gasteiger partial charge in [0.2, 0.25) is 0 Å². The van der Waals surface area contributed by atoms with Gasteiger partial charge in [0.15, 0.2) is 16.6 Å². The summed E-state index contributed by atoms with van der Waals surface area (Å²) in [5.74, 6) is 0.671. The predicted octanol–water partition coefficient (Wildman–Crippen LogP) is 1.30. The maximum atomic E-state index is 5.87. The summed E-state index contributed by atoms with van der Waals surface area (Å²) in [5.41, 5.74) is 0.530. The summed E-state index contributed by atoms with van der Waals surface area (Å²) in [6, 6.07) is 0. The average Bonchev–Trinajstić information content (AvgIpc) is 2.85. The molecule has 0 bridgehead atoms. The Balaban J connectivity index is 2.34. The molecule has 3 aromatic rings. The van der Waals surface area contributed by atoms with Crippen LogP contribution in [0.3, 0.4) is 0 Å². The molecule has 8 heteroatoms. The van der Waals surface area contributed by atoms with Gasteiger partial charge in [0.05, 0.1) is 6.20 Å². The molecule has 0 unspecified atom stereocenters. The first-order valence-corrected chi connectivity index (χ1v) is 5.14. The van der Waals surface area contributed by atoms with Crippen molar-refractivity contribution in [2.75, 3.05) is 0 Å². The van der Waals surface area contributed by atoms with E-state index in [0.29, 0.717) is 16.6 Å². The Morgan fingerprint density at radius 1 is 1.33 bits per heavy atom. The van der Waals surface area contributed by atoms with E-state index in [4.69, 9.17) is 11.6 Å². The van der Waals surface area contributed by atoms with E-state index in [9.17, 15) is 0 Å². The smallest absolute Gasteiger partial charge is 0.198 e. The lowest BCUT2D eigenvalue weighted by molar-refractivity contribution is 1.11. The van der Waals surface area contributed by atoms with Crippen molar-refractivity contribution < 1.29 is 0 Å². The van der Waals surface area contributed by atoms with Crippen LogP contribution in [0.1, 0.15) is 0 Å². The zero-order valence-corrected chi connectivity index (χ0v) is 8.77. The van der Waals surface area contributed by atoms with E-state index in [1.165, 1.54) is 11.5 Å². The first-order chi connectivity index (χ1) is 7.36. The molecule has 0 N–H and O–H groups in total. The molecule has 6 nitrogen and oxygen atoms in total. The fraction of sp³-hybridized carbons (Fsp3) is 0. The monoisotopic (exact) mass is 238 g/mol. The van der Waals surface area contributed by atoms with E-state index in [2.05, 4.69) is 24.8 Å². The van der Waals surface area contributed by atoms with Gasteiger partial charge in [0, 0.05) is 12.4 Å². The number of aromatic nitrogens is 6. The van der Waals surface area contributed by atoms with E-state index < -0.39 is 0 Å². The summed E-state index contributed by atoms with van der Waals surface area (Å²) in [4.78, 5) is 4.75. The lowest BCUT2D eigenvalue weighted by atomic mass is 10.5. The van der Waals surface area contributed by atoms with Gasteiger partial charge in [-0.15, -0.1) is 15.3 Å². The standard InChI is InChI=1S/C7H3ClN6S/c8-5-7-12-11-6(4-3-10-13-15-4)14(7)2-1-9-5/h1-3H. The van der Waals surface area contributed by atoms with Crippen LogP contribution >= 0.6 is 23.1 Å². The molecule has 3 heterocycles. The highest BCUT2D eigenvalue weighted by Crippen LogP contribution is 2.22. The van der Waals surface area contributed by atoms with Gasteiger partial charge in [-0.1, -0.05) is 16.1 Å². The Kier molecular flexibility index (Phi) is 1.86. The molecule has 0 amide bonds. The molecule has 3 rings (SSSR count). The number of halogens is 1. The van der Waals surface area contributed by atoms with Gasteiger partial charge < -0.3 is 0 Å². The third-order valence-electron chi connectivity index (χ3n) is 1.87. The Morgan fingerprint density at radius 2 is 2.27 bits per heavy atom. The number of fused-ring (bicyclic) bond motifs is 1. The predicted molar refractivity (Wildman–Crippen MR) is 54.7 cm³/mol. The molecule has 0 radical (unpaired) electrons. The van der Waals surface area contributed by atoms with E-state index in [1.807, 2.05) is 0 Å². The minimum Gasteiger partial charge on any atom is -0.278 e. The lowest BCUT2D eigenvalue weighted by Crippen LogP contribution is -1.89. The summed E-state index contributed by atoms with van der Waals surface area (Å²) in [7, 11) is 0. The maximum absolute atomic E-state index is 5.87. The molecule has 74 valence electrons. The molecule has 0 saturated heterocycles. The molecule has 0 saturated carbocycles. The van der Waals surface area contributed by atoms with Gasteiger partial charge in [-0.25, -0.2) is 4.98 Å². The largest absolute Gasteiger partial charge is 0.278 e. The van der Waals surface area contributed by atoms with Crippen LogP contribution in [0.5, 0.6) is 0 Å². The van der Waals surface area contributed by atoms with E-state index in [0.717, 1.165) is 4.88 Å². The van der Waals surface area contributed by atoms with E-state index in [-0.39, 0.29) is 0 Å². The molecule has 0 spiro atoms. The number of rotatable bonds is 1. The van der Waals surface area contributed by atoms with Gasteiger partial charge in [0.1, 0.15) is 4.88 Å². The average molecular weight is 239 g/mol. The van der Waals surface area contributed by atoms with Gasteiger partial charge in [-0.05, 0) is 11.5 Å². The van der Waals surface area contributed by atoms with Crippen molar-refractivity contribution in [1.82, 2.24) is 29.2 Å². The second kappa shape index (κ2) is 3.21. The number of nitrogens with zero attached hydrogens (tertiary/aromatic N) is 6. The molecular formula is C7H3ClN6S. The highest BCUT2D eigenvalue weighted by atomic mass is 35.5. The first-order valence-electron chi connectivity index (χ1n) is 3.99. The number of hydrogen-bond donors (Lipinski definition) is 0. The molecule has 3 aromatic heterocycles. The van der Waals surface area contributed by atoms with Crippen LogP contribution < -0.4 is 0 Å². The Bertz CT molecular complexity index is 603. The topological polar surface area (TPSA) is 68.9 Å². The SMILES string of the molecule is Clc1nccn2c(-c3cnns3)nnc12. The van der Waals surface area contributed by atoms with Crippen molar-refractivity contribution in [2.45, 2.75) is 0 Å². The molecule has 0 aliphatic rings. The van der Waals surface area contributed by atoms with Crippen molar-refractivity contribution in [1.29, 1.82) is 0 Å². The molecule has 15 heavy (non-hydrogen) atoms. The van der Waals surface area contributed by atoms with Crippen molar-refractivity contribution in [3.8, 4) is 10.7 Å². The van der Waals surface area contributed by atoms with E-state index in [1.54, 1.807) is 23.0 Å². The second-order valence-electron chi connectivity index (χ2n) is 2.72. The van der Waals surface area contributed by atoms with Crippen molar-refractivity contribution in [3.05, 3.63) is 23.7 Å². The van der Waals surface area contributed by atoms with Gasteiger partial charge in [-0.3, -0.25) is 4.40 Å². The molecule has 0 atom stereocenters. The Morgan fingerprint density at radius 3 is 3.07 bits per heavy atom. The van der Waals surface area contributed by atoms with Crippen molar-refractivity contribution in [2.24, 2.45) is 0 Å². The number of hydrogen-bond acceptors (Lipinski definition) is 6. The third-order valence-corrected chi connectivity index (χ3v) is 2.79. The Labute approximate surface area is 92.7 Å². The van der Waals surface area contributed by atoms with Crippen LogP contribution in [-0.4, -0.2) is 29.2 Å². The highest BCUT2D eigenvalue weighted by Gasteiger charge is 2.12. The maximum Gasteiger partial charge on any atom is 0.198 e.